The summed E-state index contributed by atoms with van der Waals surface area (Å²) in [4.78, 5) is 38.7. The molecule has 3 rings (SSSR count). The van der Waals surface area contributed by atoms with Gasteiger partial charge in [0.15, 0.2) is 0 Å². The molecule has 1 aliphatic rings. The summed E-state index contributed by atoms with van der Waals surface area (Å²) in [6, 6.07) is 15.6. The molecule has 7 heteroatoms. The van der Waals surface area contributed by atoms with Crippen LogP contribution < -0.4 is 5.32 Å². The molecule has 2 aromatic rings. The van der Waals surface area contributed by atoms with E-state index in [4.69, 9.17) is 5.11 Å². The maximum atomic E-state index is 12.6. The number of amides is 3. The number of carboxylic acid groups (broad SMARTS) is 1. The first-order valence-corrected chi connectivity index (χ1v) is 8.28. The van der Waals surface area contributed by atoms with Crippen molar-refractivity contribution < 1.29 is 19.5 Å². The highest BCUT2D eigenvalue weighted by molar-refractivity contribution is 6.05. The minimum absolute atomic E-state index is 0.175. The van der Waals surface area contributed by atoms with E-state index < -0.39 is 6.09 Å². The Hall–Kier alpha value is -3.35. The molecule has 2 N–H and O–H groups in total. The predicted molar refractivity (Wildman–Crippen MR) is 96.3 cm³/mol. The highest BCUT2D eigenvalue weighted by Crippen LogP contribution is 2.15. The number of hydrogen-bond donors (Lipinski definition) is 2. The summed E-state index contributed by atoms with van der Waals surface area (Å²) in [6.45, 7) is 1.30. The van der Waals surface area contributed by atoms with E-state index in [1.807, 2.05) is 6.07 Å². The Labute approximate surface area is 150 Å². The van der Waals surface area contributed by atoms with E-state index in [9.17, 15) is 14.4 Å². The van der Waals surface area contributed by atoms with Crippen molar-refractivity contribution in [2.45, 2.75) is 0 Å². The van der Waals surface area contributed by atoms with Crippen molar-refractivity contribution in [3.63, 3.8) is 0 Å². The number of nitrogens with zero attached hydrogens (tertiary/aromatic N) is 2. The van der Waals surface area contributed by atoms with Crippen molar-refractivity contribution in [3.8, 4) is 0 Å². The van der Waals surface area contributed by atoms with Gasteiger partial charge in [-0.3, -0.25) is 9.59 Å². The molecule has 0 atom stereocenters. The fourth-order valence-electron chi connectivity index (χ4n) is 2.81. The Morgan fingerprint density at radius 1 is 0.808 bits per heavy atom. The van der Waals surface area contributed by atoms with Gasteiger partial charge in [0.2, 0.25) is 0 Å². The Morgan fingerprint density at radius 3 is 2.08 bits per heavy atom. The molecular weight excluding hydrogens is 334 g/mol. The summed E-state index contributed by atoms with van der Waals surface area (Å²) < 4.78 is 0. The van der Waals surface area contributed by atoms with Crippen molar-refractivity contribution in [2.75, 3.05) is 31.5 Å². The number of benzene rings is 2. The van der Waals surface area contributed by atoms with Crippen molar-refractivity contribution >= 4 is 23.6 Å². The topological polar surface area (TPSA) is 90.0 Å². The van der Waals surface area contributed by atoms with Gasteiger partial charge in [0, 0.05) is 43.0 Å². The Bertz CT molecular complexity index is 815. The number of carbonyl (C=O) groups excluding carboxylic acids is 2. The second-order valence-electron chi connectivity index (χ2n) is 5.96. The van der Waals surface area contributed by atoms with E-state index in [-0.39, 0.29) is 11.8 Å². The smallest absolute Gasteiger partial charge is 0.407 e. The predicted octanol–water partition coefficient (Wildman–Crippen LogP) is 2.37. The first-order chi connectivity index (χ1) is 12.5. The van der Waals surface area contributed by atoms with Crippen molar-refractivity contribution in [2.24, 2.45) is 0 Å². The Balaban J connectivity index is 1.66. The molecule has 134 valence electrons. The molecule has 0 bridgehead atoms. The van der Waals surface area contributed by atoms with E-state index in [0.717, 1.165) is 0 Å². The van der Waals surface area contributed by atoms with E-state index in [2.05, 4.69) is 5.32 Å². The van der Waals surface area contributed by atoms with Gasteiger partial charge in [0.1, 0.15) is 0 Å². The van der Waals surface area contributed by atoms with Gasteiger partial charge in [-0.15, -0.1) is 0 Å². The van der Waals surface area contributed by atoms with Crippen LogP contribution in [0.3, 0.4) is 0 Å². The van der Waals surface area contributed by atoms with Gasteiger partial charge >= 0.3 is 6.09 Å². The largest absolute Gasteiger partial charge is 0.465 e. The van der Waals surface area contributed by atoms with Gasteiger partial charge in [0.25, 0.3) is 11.8 Å². The van der Waals surface area contributed by atoms with Crippen LogP contribution in [0.5, 0.6) is 0 Å². The normalized spacial score (nSPS) is 14.0. The first kappa shape index (κ1) is 17.5. The molecule has 0 spiro atoms. The summed E-state index contributed by atoms with van der Waals surface area (Å²) in [5.41, 5.74) is 1.53. The first-order valence-electron chi connectivity index (χ1n) is 8.28. The fraction of sp³-hybridized carbons (Fsp3) is 0.211. The maximum Gasteiger partial charge on any atom is 0.407 e. The van der Waals surface area contributed by atoms with Crippen molar-refractivity contribution in [1.82, 2.24) is 9.80 Å². The van der Waals surface area contributed by atoms with Crippen LogP contribution in [0.4, 0.5) is 10.5 Å². The lowest BCUT2D eigenvalue weighted by molar-refractivity contribution is 0.0625. The summed E-state index contributed by atoms with van der Waals surface area (Å²) in [7, 11) is 0. The highest BCUT2D eigenvalue weighted by atomic mass is 16.4. The molecule has 0 saturated carbocycles. The molecule has 7 nitrogen and oxygen atoms in total. The zero-order valence-corrected chi connectivity index (χ0v) is 14.1. The average molecular weight is 353 g/mol. The van der Waals surface area contributed by atoms with Crippen LogP contribution in [-0.2, 0) is 0 Å². The van der Waals surface area contributed by atoms with E-state index in [1.165, 1.54) is 4.90 Å². The highest BCUT2D eigenvalue weighted by Gasteiger charge is 2.24. The van der Waals surface area contributed by atoms with E-state index in [1.54, 1.807) is 53.4 Å². The summed E-state index contributed by atoms with van der Waals surface area (Å²) in [5, 5.41) is 11.8. The minimum Gasteiger partial charge on any atom is -0.465 e. The molecule has 3 amide bonds. The average Bonchev–Trinajstić information content (AvgIpc) is 2.68. The van der Waals surface area contributed by atoms with Crippen LogP contribution in [0, 0.1) is 0 Å². The van der Waals surface area contributed by atoms with E-state index in [0.29, 0.717) is 43.0 Å². The van der Waals surface area contributed by atoms with Crippen molar-refractivity contribution in [3.05, 3.63) is 65.7 Å². The lowest BCUT2D eigenvalue weighted by Crippen LogP contribution is -2.50. The number of anilines is 1. The molecule has 2 aromatic carbocycles. The van der Waals surface area contributed by atoms with Crippen molar-refractivity contribution in [1.29, 1.82) is 0 Å². The number of nitrogens with one attached hydrogen (secondary N) is 1. The van der Waals surface area contributed by atoms with Gasteiger partial charge in [-0.1, -0.05) is 24.3 Å². The summed E-state index contributed by atoms with van der Waals surface area (Å²) in [5.74, 6) is -0.420. The number of hydrogen-bond acceptors (Lipinski definition) is 3. The number of piperazine rings is 1. The summed E-state index contributed by atoms with van der Waals surface area (Å²) >= 11 is 0. The van der Waals surface area contributed by atoms with Crippen LogP contribution in [0.2, 0.25) is 0 Å². The quantitative estimate of drug-likeness (QED) is 0.886. The van der Waals surface area contributed by atoms with Gasteiger partial charge in [-0.2, -0.15) is 0 Å². The van der Waals surface area contributed by atoms with Gasteiger partial charge < -0.3 is 20.2 Å². The van der Waals surface area contributed by atoms with E-state index >= 15 is 0 Å². The van der Waals surface area contributed by atoms with Crippen LogP contribution in [0.1, 0.15) is 20.7 Å². The summed E-state index contributed by atoms with van der Waals surface area (Å²) in [6.07, 6.45) is -0.970. The number of rotatable bonds is 3. The molecule has 0 radical (unpaired) electrons. The zero-order chi connectivity index (χ0) is 18.5. The minimum atomic E-state index is -0.970. The number of carbonyl (C=O) groups is 3. The lowest BCUT2D eigenvalue weighted by Gasteiger charge is -2.33. The Kier molecular flexibility index (Phi) is 5.17. The lowest BCUT2D eigenvalue weighted by atomic mass is 10.1. The van der Waals surface area contributed by atoms with Crippen LogP contribution in [0.25, 0.3) is 0 Å². The molecule has 0 aromatic heterocycles. The Morgan fingerprint density at radius 2 is 1.42 bits per heavy atom. The molecule has 0 unspecified atom stereocenters. The molecule has 0 aliphatic carbocycles. The SMILES string of the molecule is O=C(Nc1cccc(C(=O)N2CCN(C(=O)O)CC2)c1)c1ccccc1. The van der Waals surface area contributed by atoms with Gasteiger partial charge in [0.05, 0.1) is 0 Å². The third-order valence-corrected chi connectivity index (χ3v) is 4.24. The van der Waals surface area contributed by atoms with Crippen LogP contribution in [0.15, 0.2) is 54.6 Å². The fourth-order valence-corrected chi connectivity index (χ4v) is 2.81. The molecule has 1 aliphatic heterocycles. The molecular formula is C19H19N3O4. The second-order valence-corrected chi connectivity index (χ2v) is 5.96. The zero-order valence-electron chi connectivity index (χ0n) is 14.1. The molecule has 1 heterocycles. The third-order valence-electron chi connectivity index (χ3n) is 4.24. The maximum absolute atomic E-state index is 12.6. The van der Waals surface area contributed by atoms with Crippen LogP contribution in [-0.4, -0.2) is 59.0 Å². The standard InChI is InChI=1S/C19H19N3O4/c23-17(14-5-2-1-3-6-14)20-16-8-4-7-15(13-16)18(24)21-9-11-22(12-10-21)19(25)26/h1-8,13H,9-12H2,(H,20,23)(H,25,26). The molecule has 1 saturated heterocycles. The van der Waals surface area contributed by atoms with Gasteiger partial charge in [-0.25, -0.2) is 4.79 Å². The third kappa shape index (κ3) is 4.00. The molecule has 26 heavy (non-hydrogen) atoms. The van der Waals surface area contributed by atoms with Crippen LogP contribution >= 0.6 is 0 Å². The van der Waals surface area contributed by atoms with Gasteiger partial charge in [-0.05, 0) is 30.3 Å². The molecule has 1 fully saturated rings. The second kappa shape index (κ2) is 7.69. The monoisotopic (exact) mass is 353 g/mol.